The first-order valence-electron chi connectivity index (χ1n) is 25.8. The van der Waals surface area contributed by atoms with Crippen molar-refractivity contribution in [1.29, 1.82) is 0 Å². The van der Waals surface area contributed by atoms with Gasteiger partial charge in [-0.05, 0) is 116 Å². The Labute approximate surface area is 436 Å². The van der Waals surface area contributed by atoms with E-state index in [0.29, 0.717) is 71.1 Å². The van der Waals surface area contributed by atoms with Crippen LogP contribution in [0.5, 0.6) is 0 Å². The Hall–Kier alpha value is -7.27. The number of aromatic nitrogens is 4. The zero-order valence-electron chi connectivity index (χ0n) is 43.1. The van der Waals surface area contributed by atoms with Crippen molar-refractivity contribution < 1.29 is 23.0 Å². The van der Waals surface area contributed by atoms with E-state index in [1.807, 2.05) is 111 Å². The predicted molar refractivity (Wildman–Crippen MR) is 291 cm³/mol. The molecule has 15 heteroatoms. The fourth-order valence-corrected chi connectivity index (χ4v) is 9.90. The fraction of sp³-hybridized carbons (Fsp3) is 0.317. The molecular weight excluding hydrogens is 951 g/mol. The van der Waals surface area contributed by atoms with E-state index in [0.717, 1.165) is 80.3 Å². The molecule has 2 atom stereocenters. The van der Waals surface area contributed by atoms with Gasteiger partial charge in [0.25, 0.3) is 11.1 Å². The highest BCUT2D eigenvalue weighted by Gasteiger charge is 2.29. The SMILES string of the molecule is Cc1cccc2nc(C(C)N(CCN3CCOCC3)C(=O)Cc3ccc(-c4ccccc4)cc3)n(-c3ccc(F)cc3)c(=O)c12.Cc1cccc2nc(C(C)NCCN3CCOCC3)n(-c3ccc(F)cc3)c(=O)c12. The monoisotopic (exact) mass is 1010 g/mol. The molecule has 6 aromatic carbocycles. The van der Waals surface area contributed by atoms with Crippen LogP contribution in [0.15, 0.2) is 149 Å². The van der Waals surface area contributed by atoms with Gasteiger partial charge in [0, 0.05) is 52.4 Å². The van der Waals surface area contributed by atoms with Gasteiger partial charge in [-0.1, -0.05) is 78.9 Å². The molecule has 2 aliphatic rings. The van der Waals surface area contributed by atoms with Crippen LogP contribution in [0, 0.1) is 25.5 Å². The van der Waals surface area contributed by atoms with E-state index >= 15 is 0 Å². The van der Waals surface area contributed by atoms with Gasteiger partial charge in [0.2, 0.25) is 5.91 Å². The predicted octanol–water partition coefficient (Wildman–Crippen LogP) is 8.78. The Balaban J connectivity index is 0.000000199. The minimum atomic E-state index is -0.551. The molecule has 2 saturated heterocycles. The first-order valence-corrected chi connectivity index (χ1v) is 25.8. The summed E-state index contributed by atoms with van der Waals surface area (Å²) in [5.41, 5.74) is 6.75. The second-order valence-electron chi connectivity index (χ2n) is 19.2. The van der Waals surface area contributed by atoms with Gasteiger partial charge in [-0.3, -0.25) is 33.3 Å². The molecule has 0 saturated carbocycles. The average Bonchev–Trinajstić information content (AvgIpc) is 3.43. The summed E-state index contributed by atoms with van der Waals surface area (Å²) in [5, 5.41) is 4.59. The van der Waals surface area contributed by atoms with Crippen LogP contribution >= 0.6 is 0 Å². The number of nitrogens with zero attached hydrogens (tertiary/aromatic N) is 7. The van der Waals surface area contributed by atoms with Crippen molar-refractivity contribution in [3.05, 3.63) is 200 Å². The number of ether oxygens (including phenoxy) is 2. The number of nitrogens with one attached hydrogen (secondary N) is 1. The molecule has 2 aliphatic heterocycles. The van der Waals surface area contributed by atoms with Crippen LogP contribution in [0.25, 0.3) is 44.3 Å². The molecular formula is C60H64F2N8O5. The second-order valence-corrected chi connectivity index (χ2v) is 19.2. The molecule has 0 aliphatic carbocycles. The number of rotatable bonds is 15. The third-order valence-corrected chi connectivity index (χ3v) is 14.1. The standard InChI is InChI=1S/C37H37FN4O3.C23H27FN4O2/c1-26-7-6-10-33-35(26)37(44)42(32-17-15-31(38)16-18-32)36(39-33)27(2)41(20-19-40-21-23-45-24-22-40)34(43)25-28-11-13-30(14-12-28)29-8-4-3-5-9-29;1-16-4-3-5-20-21(16)23(29)28(19-8-6-18(24)7-9-19)22(26-20)17(2)25-10-11-27-12-14-30-15-13-27/h3-18,27H,19-25H2,1-2H3;3-9,17,25H,10-15H2,1-2H3. The summed E-state index contributed by atoms with van der Waals surface area (Å²) < 4.78 is 41.5. The molecule has 13 nitrogen and oxygen atoms in total. The molecule has 1 N–H and O–H groups in total. The largest absolute Gasteiger partial charge is 0.379 e. The number of carbonyl (C=O) groups excluding carboxylic acids is 1. The number of benzene rings is 6. The van der Waals surface area contributed by atoms with Crippen molar-refractivity contribution in [2.45, 2.75) is 46.2 Å². The summed E-state index contributed by atoms with van der Waals surface area (Å²) in [6.45, 7) is 16.8. The number of amides is 1. The maximum atomic E-state index is 14.2. The zero-order valence-corrected chi connectivity index (χ0v) is 43.1. The molecule has 0 spiro atoms. The summed E-state index contributed by atoms with van der Waals surface area (Å²) in [6.07, 6.45) is 0.204. The van der Waals surface area contributed by atoms with Gasteiger partial charge in [-0.2, -0.15) is 0 Å². The third-order valence-electron chi connectivity index (χ3n) is 14.1. The van der Waals surface area contributed by atoms with Gasteiger partial charge in [0.1, 0.15) is 23.3 Å². The molecule has 4 heterocycles. The Morgan fingerprint density at radius 2 is 1.08 bits per heavy atom. The van der Waals surface area contributed by atoms with Gasteiger partial charge >= 0.3 is 0 Å². The minimum absolute atomic E-state index is 0.0625. The molecule has 0 bridgehead atoms. The van der Waals surface area contributed by atoms with Crippen molar-refractivity contribution in [2.75, 3.05) is 78.8 Å². The van der Waals surface area contributed by atoms with Gasteiger partial charge in [0.15, 0.2) is 0 Å². The Morgan fingerprint density at radius 3 is 1.61 bits per heavy atom. The number of carbonyl (C=O) groups is 1. The summed E-state index contributed by atoms with van der Waals surface area (Å²) in [5.74, 6) is 0.250. The highest BCUT2D eigenvalue weighted by molar-refractivity contribution is 5.83. The van der Waals surface area contributed by atoms with Crippen LogP contribution in [0.1, 0.15) is 54.3 Å². The lowest BCUT2D eigenvalue weighted by molar-refractivity contribution is -0.133. The summed E-state index contributed by atoms with van der Waals surface area (Å²) in [4.78, 5) is 58.0. The van der Waals surface area contributed by atoms with Crippen LogP contribution in [0.4, 0.5) is 8.78 Å². The van der Waals surface area contributed by atoms with Crippen molar-refractivity contribution in [3.8, 4) is 22.5 Å². The Kier molecular flexibility index (Phi) is 17.1. The normalized spacial score (nSPS) is 15.1. The van der Waals surface area contributed by atoms with Crippen molar-refractivity contribution in [3.63, 3.8) is 0 Å². The lowest BCUT2D eigenvalue weighted by Crippen LogP contribution is -2.45. The number of halogens is 2. The van der Waals surface area contributed by atoms with E-state index in [1.165, 1.54) is 28.8 Å². The lowest BCUT2D eigenvalue weighted by Gasteiger charge is -2.34. The molecule has 2 aromatic heterocycles. The van der Waals surface area contributed by atoms with Gasteiger partial charge < -0.3 is 19.7 Å². The zero-order chi connectivity index (χ0) is 52.4. The quantitative estimate of drug-likeness (QED) is 0.107. The van der Waals surface area contributed by atoms with E-state index < -0.39 is 11.9 Å². The van der Waals surface area contributed by atoms with Gasteiger partial charge in [0.05, 0.1) is 78.1 Å². The minimum Gasteiger partial charge on any atom is -0.379 e. The molecule has 1 amide bonds. The molecule has 2 unspecified atom stereocenters. The van der Waals surface area contributed by atoms with Gasteiger partial charge in [-0.25, -0.2) is 18.7 Å². The first kappa shape index (κ1) is 52.6. The van der Waals surface area contributed by atoms with Crippen LogP contribution in [0.3, 0.4) is 0 Å². The van der Waals surface area contributed by atoms with E-state index in [-0.39, 0.29) is 35.3 Å². The highest BCUT2D eigenvalue weighted by atomic mass is 19.1. The molecule has 2 fully saturated rings. The maximum absolute atomic E-state index is 14.2. The van der Waals surface area contributed by atoms with Crippen molar-refractivity contribution >= 4 is 27.7 Å². The number of hydrogen-bond acceptors (Lipinski definition) is 10. The van der Waals surface area contributed by atoms with Crippen LogP contribution < -0.4 is 16.4 Å². The fourth-order valence-electron chi connectivity index (χ4n) is 9.90. The number of morpholine rings is 2. The van der Waals surface area contributed by atoms with E-state index in [9.17, 15) is 23.2 Å². The van der Waals surface area contributed by atoms with Crippen molar-refractivity contribution in [2.24, 2.45) is 0 Å². The second kappa shape index (κ2) is 24.4. The lowest BCUT2D eigenvalue weighted by atomic mass is 10.0. The van der Waals surface area contributed by atoms with E-state index in [2.05, 4.69) is 27.2 Å². The first-order chi connectivity index (χ1) is 36.4. The third kappa shape index (κ3) is 12.5. The molecule has 10 rings (SSSR count). The highest BCUT2D eigenvalue weighted by Crippen LogP contribution is 2.27. The Morgan fingerprint density at radius 1 is 0.600 bits per heavy atom. The smallest absolute Gasteiger partial charge is 0.266 e. The molecule has 0 radical (unpaired) electrons. The Bertz CT molecular complexity index is 3340. The van der Waals surface area contributed by atoms with Crippen LogP contribution in [-0.2, 0) is 20.7 Å². The molecule has 8 aromatic rings. The topological polar surface area (TPSA) is 127 Å². The summed E-state index contributed by atoms with van der Waals surface area (Å²) >= 11 is 0. The molecule has 388 valence electrons. The average molecular weight is 1020 g/mol. The van der Waals surface area contributed by atoms with E-state index in [4.69, 9.17) is 19.4 Å². The van der Waals surface area contributed by atoms with Crippen molar-refractivity contribution in [1.82, 2.24) is 39.1 Å². The summed E-state index contributed by atoms with van der Waals surface area (Å²) in [7, 11) is 0. The number of aryl methyl sites for hydroxylation is 2. The maximum Gasteiger partial charge on any atom is 0.266 e. The number of hydrogen-bond donors (Lipinski definition) is 1. The van der Waals surface area contributed by atoms with Gasteiger partial charge in [-0.15, -0.1) is 0 Å². The van der Waals surface area contributed by atoms with E-state index in [1.54, 1.807) is 28.8 Å². The molecule has 75 heavy (non-hydrogen) atoms. The van der Waals surface area contributed by atoms with Crippen LogP contribution in [0.2, 0.25) is 0 Å². The number of fused-ring (bicyclic) bond motifs is 2. The summed E-state index contributed by atoms with van der Waals surface area (Å²) in [6, 6.07) is 40.5. The van der Waals surface area contributed by atoms with Crippen LogP contribution in [-0.4, -0.2) is 118 Å².